The second kappa shape index (κ2) is 7.49. The number of aldehydes is 2. The lowest BCUT2D eigenvalue weighted by atomic mass is 10.1. The highest BCUT2D eigenvalue weighted by atomic mass is 16.5. The first-order valence-corrected chi connectivity index (χ1v) is 7.29. The summed E-state index contributed by atoms with van der Waals surface area (Å²) in [6.07, 6.45) is 1.20. The van der Waals surface area contributed by atoms with Crippen LogP contribution in [-0.2, 0) is 14.4 Å². The molecule has 0 aromatic heterocycles. The van der Waals surface area contributed by atoms with Crippen molar-refractivity contribution >= 4 is 30.3 Å². The zero-order chi connectivity index (χ0) is 17.7. The van der Waals surface area contributed by atoms with Crippen molar-refractivity contribution in [2.45, 2.75) is 18.9 Å². The summed E-state index contributed by atoms with van der Waals surface area (Å²) in [7, 11) is 1.38. The van der Waals surface area contributed by atoms with Gasteiger partial charge in [-0.3, -0.25) is 24.1 Å². The molecule has 0 aliphatic carbocycles. The Balaban J connectivity index is 2.42. The number of carbonyl (C=O) groups is 5. The van der Waals surface area contributed by atoms with E-state index in [0.29, 0.717) is 12.6 Å². The summed E-state index contributed by atoms with van der Waals surface area (Å²) >= 11 is 0. The van der Waals surface area contributed by atoms with Gasteiger partial charge in [0.05, 0.1) is 11.1 Å². The minimum absolute atomic E-state index is 0.0179. The van der Waals surface area contributed by atoms with Crippen LogP contribution < -0.4 is 10.1 Å². The topological polar surface area (TPSA) is 110 Å². The molecular weight excluding hydrogens is 316 g/mol. The summed E-state index contributed by atoms with van der Waals surface area (Å²) in [4.78, 5) is 59.2. The smallest absolute Gasteiger partial charge is 0.266 e. The normalized spacial score (nSPS) is 14.1. The predicted molar refractivity (Wildman–Crippen MR) is 81.7 cm³/mol. The third-order valence-electron chi connectivity index (χ3n) is 3.63. The average Bonchev–Trinajstić information content (AvgIpc) is 2.85. The van der Waals surface area contributed by atoms with Crippen molar-refractivity contribution in [1.82, 2.24) is 10.2 Å². The molecule has 0 bridgehead atoms. The molecule has 1 heterocycles. The maximum Gasteiger partial charge on any atom is 0.266 e. The van der Waals surface area contributed by atoms with Crippen LogP contribution in [0.5, 0.6) is 5.75 Å². The fourth-order valence-corrected chi connectivity index (χ4v) is 2.57. The summed E-state index contributed by atoms with van der Waals surface area (Å²) in [6.45, 7) is -0.262. The number of likely N-dealkylation sites (N-methyl/N-ethyl adjacent to an activating group) is 1. The third-order valence-corrected chi connectivity index (χ3v) is 3.63. The number of nitrogens with one attached hydrogen (secondary N) is 1. The van der Waals surface area contributed by atoms with E-state index in [9.17, 15) is 24.0 Å². The molecule has 24 heavy (non-hydrogen) atoms. The Hall–Kier alpha value is -3.03. The van der Waals surface area contributed by atoms with Crippen molar-refractivity contribution in [3.8, 4) is 5.75 Å². The van der Waals surface area contributed by atoms with Gasteiger partial charge in [-0.15, -0.1) is 0 Å². The molecule has 3 amide bonds. The number of fused-ring (bicyclic) bond motifs is 1. The molecule has 8 heteroatoms. The maximum absolute atomic E-state index is 12.7. The number of benzene rings is 1. The minimum Gasteiger partial charge on any atom is -0.485 e. The number of nitrogens with zero attached hydrogens (tertiary/aromatic N) is 1. The fraction of sp³-hybridized carbons (Fsp3) is 0.312. The van der Waals surface area contributed by atoms with E-state index in [1.807, 2.05) is 0 Å². The van der Waals surface area contributed by atoms with Crippen molar-refractivity contribution in [3.05, 3.63) is 29.3 Å². The van der Waals surface area contributed by atoms with Gasteiger partial charge in [0.25, 0.3) is 11.8 Å². The average molecular weight is 332 g/mol. The summed E-state index contributed by atoms with van der Waals surface area (Å²) in [5.41, 5.74) is 0.118. The molecule has 1 aliphatic rings. The van der Waals surface area contributed by atoms with E-state index in [1.54, 1.807) is 0 Å². The Morgan fingerprint density at radius 1 is 1.25 bits per heavy atom. The lowest BCUT2D eigenvalue weighted by Gasteiger charge is -2.24. The van der Waals surface area contributed by atoms with Crippen LogP contribution in [0.15, 0.2) is 18.2 Å². The molecular formula is C16H16N2O6. The van der Waals surface area contributed by atoms with Gasteiger partial charge in [0.15, 0.2) is 6.29 Å². The van der Waals surface area contributed by atoms with Crippen molar-refractivity contribution in [2.24, 2.45) is 0 Å². The number of rotatable bonds is 8. The van der Waals surface area contributed by atoms with Gasteiger partial charge in [0, 0.05) is 13.5 Å². The Morgan fingerprint density at radius 2 is 2.00 bits per heavy atom. The van der Waals surface area contributed by atoms with Crippen LogP contribution in [0.4, 0.5) is 0 Å². The first kappa shape index (κ1) is 17.3. The van der Waals surface area contributed by atoms with E-state index in [0.717, 1.165) is 4.90 Å². The van der Waals surface area contributed by atoms with Crippen LogP contribution in [0.1, 0.15) is 33.6 Å². The molecule has 0 spiro atoms. The summed E-state index contributed by atoms with van der Waals surface area (Å²) in [5, 5.41) is 2.39. The highest BCUT2D eigenvalue weighted by Crippen LogP contribution is 2.32. The number of ether oxygens (including phenoxy) is 1. The Labute approximate surface area is 137 Å². The maximum atomic E-state index is 12.7. The van der Waals surface area contributed by atoms with Gasteiger partial charge in [-0.2, -0.15) is 0 Å². The lowest BCUT2D eigenvalue weighted by molar-refractivity contribution is -0.124. The van der Waals surface area contributed by atoms with Crippen molar-refractivity contribution < 1.29 is 28.7 Å². The van der Waals surface area contributed by atoms with Crippen LogP contribution in [-0.4, -0.2) is 54.9 Å². The standard InChI is InChI=1S/C16H16N2O6/c1-17-14(21)11(5-3-7-19)18-15(22)10-4-2-6-12(24-9-8-20)13(10)16(18)23/h2,4,6-8,11H,3,5,9H2,1H3,(H,17,21). The first-order chi connectivity index (χ1) is 11.6. The molecule has 0 saturated heterocycles. The number of hydrogen-bond donors (Lipinski definition) is 1. The number of imide groups is 1. The molecule has 0 radical (unpaired) electrons. The van der Waals surface area contributed by atoms with E-state index >= 15 is 0 Å². The van der Waals surface area contributed by atoms with Crippen molar-refractivity contribution in [1.29, 1.82) is 0 Å². The number of carbonyl (C=O) groups excluding carboxylic acids is 5. The van der Waals surface area contributed by atoms with Crippen LogP contribution in [0.3, 0.4) is 0 Å². The molecule has 1 aliphatic heterocycles. The van der Waals surface area contributed by atoms with Gasteiger partial charge in [-0.25, -0.2) is 0 Å². The van der Waals surface area contributed by atoms with E-state index in [1.165, 1.54) is 25.2 Å². The van der Waals surface area contributed by atoms with Gasteiger partial charge < -0.3 is 14.8 Å². The summed E-state index contributed by atoms with van der Waals surface area (Å²) < 4.78 is 5.19. The molecule has 1 aromatic rings. The molecule has 2 rings (SSSR count). The minimum atomic E-state index is -1.09. The highest BCUT2D eigenvalue weighted by molar-refractivity contribution is 6.24. The SMILES string of the molecule is CNC(=O)C(CCC=O)N1C(=O)c2cccc(OCC=O)c2C1=O. The van der Waals surface area contributed by atoms with Gasteiger partial charge in [0.1, 0.15) is 24.7 Å². The molecule has 1 atom stereocenters. The Kier molecular flexibility index (Phi) is 5.41. The van der Waals surface area contributed by atoms with Gasteiger partial charge >= 0.3 is 0 Å². The van der Waals surface area contributed by atoms with Crippen molar-refractivity contribution in [2.75, 3.05) is 13.7 Å². The second-order valence-electron chi connectivity index (χ2n) is 5.01. The van der Waals surface area contributed by atoms with Crippen LogP contribution in [0.2, 0.25) is 0 Å². The van der Waals surface area contributed by atoms with E-state index in [4.69, 9.17) is 4.74 Å². The van der Waals surface area contributed by atoms with Gasteiger partial charge in [0.2, 0.25) is 5.91 Å². The molecule has 1 unspecified atom stereocenters. The van der Waals surface area contributed by atoms with Crippen LogP contribution >= 0.6 is 0 Å². The lowest BCUT2D eigenvalue weighted by Crippen LogP contribution is -2.48. The van der Waals surface area contributed by atoms with Crippen molar-refractivity contribution in [3.63, 3.8) is 0 Å². The summed E-state index contributed by atoms with van der Waals surface area (Å²) in [6, 6.07) is 3.35. The van der Waals surface area contributed by atoms with Crippen LogP contribution in [0, 0.1) is 0 Å². The molecule has 126 valence electrons. The summed E-state index contributed by atoms with van der Waals surface area (Å²) in [5.74, 6) is -1.75. The monoisotopic (exact) mass is 332 g/mol. The predicted octanol–water partition coefficient (Wildman–Crippen LogP) is -0.0460. The third kappa shape index (κ3) is 3.03. The zero-order valence-corrected chi connectivity index (χ0v) is 13.0. The van der Waals surface area contributed by atoms with E-state index in [2.05, 4.69) is 5.32 Å². The van der Waals surface area contributed by atoms with E-state index in [-0.39, 0.29) is 36.3 Å². The highest BCUT2D eigenvalue weighted by Gasteiger charge is 2.44. The van der Waals surface area contributed by atoms with Gasteiger partial charge in [-0.1, -0.05) is 6.07 Å². The quantitative estimate of drug-likeness (QED) is 0.528. The molecule has 0 saturated carbocycles. The second-order valence-corrected chi connectivity index (χ2v) is 5.01. The van der Waals surface area contributed by atoms with E-state index < -0.39 is 23.8 Å². The van der Waals surface area contributed by atoms with Gasteiger partial charge in [-0.05, 0) is 18.6 Å². The molecule has 8 nitrogen and oxygen atoms in total. The first-order valence-electron chi connectivity index (χ1n) is 7.29. The number of amides is 3. The Morgan fingerprint density at radius 3 is 2.62 bits per heavy atom. The fourth-order valence-electron chi connectivity index (χ4n) is 2.57. The molecule has 1 aromatic carbocycles. The zero-order valence-electron chi connectivity index (χ0n) is 13.0. The van der Waals surface area contributed by atoms with Crippen LogP contribution in [0.25, 0.3) is 0 Å². The largest absolute Gasteiger partial charge is 0.485 e. The molecule has 0 fully saturated rings. The number of hydrogen-bond acceptors (Lipinski definition) is 6. The molecule has 1 N–H and O–H groups in total. The Bertz CT molecular complexity index is 700.